The maximum Gasteiger partial charge on any atom is 0.332 e. The third-order valence-electron chi connectivity index (χ3n) is 7.49. The molecule has 4 heterocycles. The number of fused-ring (bicyclic) bond motifs is 1. The molecule has 0 bridgehead atoms. The van der Waals surface area contributed by atoms with Gasteiger partial charge in [0.25, 0.3) is 5.91 Å². The summed E-state index contributed by atoms with van der Waals surface area (Å²) in [6, 6.07) is 15.7. The molecule has 6 rings (SSSR count). The van der Waals surface area contributed by atoms with Crippen molar-refractivity contribution in [2.45, 2.75) is 12.5 Å². The van der Waals surface area contributed by atoms with Crippen LogP contribution >= 0.6 is 11.3 Å². The number of urea groups is 2. The van der Waals surface area contributed by atoms with Gasteiger partial charge in [-0.3, -0.25) is 14.7 Å². The van der Waals surface area contributed by atoms with Gasteiger partial charge in [-0.05, 0) is 50.8 Å². The summed E-state index contributed by atoms with van der Waals surface area (Å²) in [6.45, 7) is 1.93. The molecule has 2 aromatic carbocycles. The van der Waals surface area contributed by atoms with E-state index in [4.69, 9.17) is 4.74 Å². The van der Waals surface area contributed by atoms with E-state index >= 15 is 4.39 Å². The summed E-state index contributed by atoms with van der Waals surface area (Å²) in [4.78, 5) is 50.3. The lowest BCUT2D eigenvalue weighted by Gasteiger charge is -2.19. The van der Waals surface area contributed by atoms with Crippen molar-refractivity contribution in [2.24, 2.45) is 0 Å². The Bertz CT molecular complexity index is 1660. The predicted molar refractivity (Wildman–Crippen MR) is 159 cm³/mol. The van der Waals surface area contributed by atoms with E-state index in [-0.39, 0.29) is 23.9 Å². The molecule has 0 radical (unpaired) electrons. The highest BCUT2D eigenvalue weighted by Gasteiger charge is 2.34. The van der Waals surface area contributed by atoms with Crippen LogP contribution in [0.3, 0.4) is 0 Å². The lowest BCUT2D eigenvalue weighted by molar-refractivity contribution is 0.0788. The van der Waals surface area contributed by atoms with Gasteiger partial charge in [0, 0.05) is 55.4 Å². The zero-order chi connectivity index (χ0) is 29.4. The summed E-state index contributed by atoms with van der Waals surface area (Å²) in [5.41, 5.74) is 1.47. The van der Waals surface area contributed by atoms with E-state index in [1.807, 2.05) is 37.2 Å². The molecule has 1 unspecified atom stereocenters. The third kappa shape index (κ3) is 5.38. The molecular formula is C30H29FN6O4S. The lowest BCUT2D eigenvalue weighted by Crippen LogP contribution is -2.39. The van der Waals surface area contributed by atoms with Crippen LogP contribution in [0.2, 0.25) is 0 Å². The molecule has 216 valence electrons. The van der Waals surface area contributed by atoms with Crippen LogP contribution in [0.25, 0.3) is 10.2 Å². The maximum absolute atomic E-state index is 15.1. The van der Waals surface area contributed by atoms with Crippen molar-refractivity contribution in [1.82, 2.24) is 19.7 Å². The number of ether oxygens (including phenoxy) is 1. The number of likely N-dealkylation sites (tertiary alicyclic amines) is 1. The summed E-state index contributed by atoms with van der Waals surface area (Å²) >= 11 is 1.26. The van der Waals surface area contributed by atoms with Crippen molar-refractivity contribution >= 4 is 50.9 Å². The van der Waals surface area contributed by atoms with Gasteiger partial charge < -0.3 is 19.9 Å². The van der Waals surface area contributed by atoms with Crippen LogP contribution in [0.15, 0.2) is 66.9 Å². The molecule has 0 spiro atoms. The number of hydrogen-bond acceptors (Lipinski definition) is 7. The quantitative estimate of drug-likeness (QED) is 0.321. The molecule has 2 saturated heterocycles. The first-order valence-corrected chi connectivity index (χ1v) is 14.4. The number of likely N-dealkylation sites (N-methyl/N-ethyl adjacent to an activating group) is 1. The molecule has 2 aliphatic heterocycles. The van der Waals surface area contributed by atoms with E-state index in [0.29, 0.717) is 52.2 Å². The van der Waals surface area contributed by atoms with Gasteiger partial charge in [-0.1, -0.05) is 18.2 Å². The molecule has 1 atom stereocenters. The number of imide groups is 1. The standard InChI is InChI=1S/C30H29FN6O4S/c1-34(2)21-11-13-35(18-21)28(38)26-17-23-27(42-26)25(10-12-32-23)41-24-9-8-19(16-22(24)31)33-29(39)37-15-14-36(30(37)40)20-6-4-3-5-7-20/h3-10,12,16-17,21H,11,13-15,18H2,1-2H3,(H,33,39). The summed E-state index contributed by atoms with van der Waals surface area (Å²) in [7, 11) is 4.03. The second kappa shape index (κ2) is 11.4. The molecular weight excluding hydrogens is 559 g/mol. The Labute approximate surface area is 245 Å². The first-order chi connectivity index (χ1) is 20.3. The van der Waals surface area contributed by atoms with Crippen LogP contribution in [0.1, 0.15) is 16.1 Å². The molecule has 1 N–H and O–H groups in total. The minimum atomic E-state index is -0.698. The van der Waals surface area contributed by atoms with E-state index in [2.05, 4.69) is 15.2 Å². The van der Waals surface area contributed by atoms with Crippen molar-refractivity contribution in [3.8, 4) is 11.5 Å². The summed E-state index contributed by atoms with van der Waals surface area (Å²) in [6.07, 6.45) is 2.47. The van der Waals surface area contributed by atoms with Crippen molar-refractivity contribution in [1.29, 1.82) is 0 Å². The monoisotopic (exact) mass is 588 g/mol. The van der Waals surface area contributed by atoms with Gasteiger partial charge in [-0.2, -0.15) is 0 Å². The second-order valence-corrected chi connectivity index (χ2v) is 11.4. The lowest BCUT2D eigenvalue weighted by atomic mass is 10.2. The number of carbonyl (C=O) groups is 3. The number of benzene rings is 2. The molecule has 42 heavy (non-hydrogen) atoms. The van der Waals surface area contributed by atoms with Crippen LogP contribution < -0.4 is 15.0 Å². The van der Waals surface area contributed by atoms with Gasteiger partial charge in [-0.15, -0.1) is 11.3 Å². The highest BCUT2D eigenvalue weighted by atomic mass is 32.1. The molecule has 4 aromatic rings. The number of nitrogens with one attached hydrogen (secondary N) is 1. The van der Waals surface area contributed by atoms with Gasteiger partial charge in [0.05, 0.1) is 21.6 Å². The van der Waals surface area contributed by atoms with E-state index in [0.717, 1.165) is 17.4 Å². The fourth-order valence-corrected chi connectivity index (χ4v) is 6.18. The Morgan fingerprint density at radius 1 is 1.05 bits per heavy atom. The first-order valence-electron chi connectivity index (χ1n) is 13.5. The zero-order valence-corrected chi connectivity index (χ0v) is 23.9. The molecule has 5 amide bonds. The number of amides is 5. The smallest absolute Gasteiger partial charge is 0.332 e. The van der Waals surface area contributed by atoms with Gasteiger partial charge in [0.2, 0.25) is 0 Å². The van der Waals surface area contributed by atoms with E-state index in [1.165, 1.54) is 28.4 Å². The van der Waals surface area contributed by atoms with Crippen molar-refractivity contribution in [3.05, 3.63) is 77.6 Å². The van der Waals surface area contributed by atoms with Gasteiger partial charge >= 0.3 is 12.1 Å². The predicted octanol–water partition coefficient (Wildman–Crippen LogP) is 5.48. The molecule has 0 saturated carbocycles. The minimum Gasteiger partial charge on any atom is -0.453 e. The SMILES string of the molecule is CN(C)C1CCN(C(=O)c2cc3nccc(Oc4ccc(NC(=O)N5CCN(c6ccccc6)C5=O)cc4F)c3s2)C1. The largest absolute Gasteiger partial charge is 0.453 e. The van der Waals surface area contributed by atoms with E-state index in [1.54, 1.807) is 30.5 Å². The minimum absolute atomic E-state index is 0.0528. The average Bonchev–Trinajstić information content (AvgIpc) is 3.73. The molecule has 0 aliphatic carbocycles. The fraction of sp³-hybridized carbons (Fsp3) is 0.267. The Kier molecular flexibility index (Phi) is 7.48. The number of pyridine rings is 1. The number of aromatic nitrogens is 1. The van der Waals surface area contributed by atoms with Crippen LogP contribution in [-0.4, -0.2) is 84.0 Å². The third-order valence-corrected chi connectivity index (χ3v) is 8.62. The van der Waals surface area contributed by atoms with Crippen LogP contribution in [0.5, 0.6) is 11.5 Å². The molecule has 10 nitrogen and oxygen atoms in total. The van der Waals surface area contributed by atoms with Crippen molar-refractivity contribution < 1.29 is 23.5 Å². The summed E-state index contributed by atoms with van der Waals surface area (Å²) in [5, 5.41) is 2.59. The summed E-state index contributed by atoms with van der Waals surface area (Å²) < 4.78 is 21.7. The van der Waals surface area contributed by atoms with Crippen LogP contribution in [0.4, 0.5) is 25.4 Å². The number of anilines is 2. The Hall–Kier alpha value is -4.55. The number of para-hydroxylation sites is 1. The topological polar surface area (TPSA) is 98.3 Å². The number of nitrogens with zero attached hydrogens (tertiary/aromatic N) is 5. The molecule has 2 fully saturated rings. The van der Waals surface area contributed by atoms with Gasteiger partial charge in [0.1, 0.15) is 5.75 Å². The van der Waals surface area contributed by atoms with E-state index in [9.17, 15) is 14.4 Å². The fourth-order valence-electron chi connectivity index (χ4n) is 5.15. The summed E-state index contributed by atoms with van der Waals surface area (Å²) in [5.74, 6) is -0.433. The number of rotatable bonds is 6. The Morgan fingerprint density at radius 3 is 2.60 bits per heavy atom. The van der Waals surface area contributed by atoms with Gasteiger partial charge in [-0.25, -0.2) is 18.9 Å². The number of halogens is 1. The normalized spacial score (nSPS) is 17.0. The van der Waals surface area contributed by atoms with E-state index < -0.39 is 17.9 Å². The Morgan fingerprint density at radius 2 is 1.86 bits per heavy atom. The van der Waals surface area contributed by atoms with Gasteiger partial charge in [0.15, 0.2) is 11.6 Å². The molecule has 12 heteroatoms. The molecule has 2 aromatic heterocycles. The number of hydrogen-bond donors (Lipinski definition) is 1. The number of carbonyl (C=O) groups excluding carboxylic acids is 3. The first kappa shape index (κ1) is 27.6. The second-order valence-electron chi connectivity index (χ2n) is 10.4. The number of thiophene rings is 1. The highest BCUT2D eigenvalue weighted by Crippen LogP contribution is 2.37. The molecule has 2 aliphatic rings. The van der Waals surface area contributed by atoms with Crippen LogP contribution in [0, 0.1) is 5.82 Å². The zero-order valence-electron chi connectivity index (χ0n) is 23.1. The highest BCUT2D eigenvalue weighted by molar-refractivity contribution is 7.21. The van der Waals surface area contributed by atoms with Crippen molar-refractivity contribution in [3.63, 3.8) is 0 Å². The average molecular weight is 589 g/mol. The van der Waals surface area contributed by atoms with Crippen molar-refractivity contribution in [2.75, 3.05) is 50.5 Å². The van der Waals surface area contributed by atoms with Crippen LogP contribution in [-0.2, 0) is 0 Å². The Balaban J connectivity index is 1.13. The maximum atomic E-state index is 15.1.